The molecule has 1 aromatic carbocycles. The molecule has 0 aliphatic carbocycles. The average molecular weight is 383 g/mol. The molecule has 0 radical (unpaired) electrons. The van der Waals surface area contributed by atoms with Gasteiger partial charge in [-0.25, -0.2) is 13.1 Å². The van der Waals surface area contributed by atoms with Gasteiger partial charge in [-0.15, -0.1) is 0 Å². The third kappa shape index (κ3) is 5.43. The first-order valence-electron chi connectivity index (χ1n) is 8.51. The second kappa shape index (κ2) is 8.50. The highest BCUT2D eigenvalue weighted by Gasteiger charge is 2.26. The Balaban J connectivity index is 1.86. The van der Waals surface area contributed by atoms with Gasteiger partial charge in [0, 0.05) is 25.0 Å². The number of piperidine rings is 1. The lowest BCUT2D eigenvalue weighted by Gasteiger charge is -2.30. The average Bonchev–Trinajstić information content (AvgIpc) is 2.59. The van der Waals surface area contributed by atoms with Crippen molar-refractivity contribution in [2.24, 2.45) is 11.7 Å². The van der Waals surface area contributed by atoms with Crippen LogP contribution in [0.5, 0.6) is 5.75 Å². The van der Waals surface area contributed by atoms with Gasteiger partial charge in [0.2, 0.25) is 15.9 Å². The molecule has 1 fully saturated rings. The van der Waals surface area contributed by atoms with Crippen LogP contribution in [-0.2, 0) is 19.6 Å². The number of carbonyl (C=O) groups is 2. The number of nitrogens with one attached hydrogen (secondary N) is 1. The molecule has 2 amide bonds. The summed E-state index contributed by atoms with van der Waals surface area (Å²) in [4.78, 5) is 25.1. The van der Waals surface area contributed by atoms with E-state index in [1.165, 1.54) is 24.3 Å². The van der Waals surface area contributed by atoms with Crippen molar-refractivity contribution in [1.29, 1.82) is 0 Å². The van der Waals surface area contributed by atoms with Crippen molar-refractivity contribution in [3.8, 4) is 5.75 Å². The van der Waals surface area contributed by atoms with Crippen LogP contribution in [0.3, 0.4) is 0 Å². The molecule has 2 rings (SSSR count). The molecule has 144 valence electrons. The van der Waals surface area contributed by atoms with Crippen LogP contribution in [0.25, 0.3) is 0 Å². The fourth-order valence-electron chi connectivity index (χ4n) is 2.74. The number of benzene rings is 1. The second-order valence-corrected chi connectivity index (χ2v) is 8.31. The maximum Gasteiger partial charge on any atom is 0.260 e. The fourth-order valence-corrected chi connectivity index (χ4v) is 3.99. The van der Waals surface area contributed by atoms with E-state index < -0.39 is 10.0 Å². The minimum absolute atomic E-state index is 0.137. The van der Waals surface area contributed by atoms with E-state index in [0.29, 0.717) is 31.7 Å². The van der Waals surface area contributed by atoms with Crippen molar-refractivity contribution in [2.75, 3.05) is 19.7 Å². The first-order valence-corrected chi connectivity index (χ1v) is 9.99. The summed E-state index contributed by atoms with van der Waals surface area (Å²) in [6.45, 7) is 4.30. The molecule has 3 N–H and O–H groups in total. The molecule has 0 aromatic heterocycles. The van der Waals surface area contributed by atoms with Crippen LogP contribution in [0.4, 0.5) is 0 Å². The van der Waals surface area contributed by atoms with Crippen LogP contribution in [0, 0.1) is 5.92 Å². The zero-order chi connectivity index (χ0) is 19.3. The third-order valence-electron chi connectivity index (χ3n) is 4.14. The first kappa shape index (κ1) is 20.2. The molecule has 0 unspecified atom stereocenters. The molecule has 1 aliphatic rings. The highest BCUT2D eigenvalue weighted by molar-refractivity contribution is 7.89. The van der Waals surface area contributed by atoms with Gasteiger partial charge in [0.05, 0.1) is 4.90 Å². The number of ether oxygens (including phenoxy) is 1. The number of sulfonamides is 1. The van der Waals surface area contributed by atoms with Gasteiger partial charge in [-0.05, 0) is 51.0 Å². The Morgan fingerprint density at radius 3 is 2.31 bits per heavy atom. The Morgan fingerprint density at radius 1 is 1.23 bits per heavy atom. The Bertz CT molecular complexity index is 738. The molecular weight excluding hydrogens is 358 g/mol. The van der Waals surface area contributed by atoms with Gasteiger partial charge < -0.3 is 15.4 Å². The highest BCUT2D eigenvalue weighted by Crippen LogP contribution is 2.18. The van der Waals surface area contributed by atoms with E-state index in [1.54, 1.807) is 18.7 Å². The maximum absolute atomic E-state index is 12.2. The van der Waals surface area contributed by atoms with Gasteiger partial charge in [-0.1, -0.05) is 0 Å². The number of carbonyl (C=O) groups excluding carboxylic acids is 2. The summed E-state index contributed by atoms with van der Waals surface area (Å²) in [5.74, 6) is -0.260. The Labute approximate surface area is 153 Å². The molecular formula is C17H25N3O5S. The van der Waals surface area contributed by atoms with Crippen molar-refractivity contribution in [3.63, 3.8) is 0 Å². The lowest BCUT2D eigenvalue weighted by Crippen LogP contribution is -2.43. The molecule has 1 heterocycles. The zero-order valence-electron chi connectivity index (χ0n) is 15.0. The Morgan fingerprint density at radius 2 is 1.81 bits per heavy atom. The van der Waals surface area contributed by atoms with E-state index in [0.717, 1.165) is 0 Å². The van der Waals surface area contributed by atoms with Crippen molar-refractivity contribution < 1.29 is 22.7 Å². The van der Waals surface area contributed by atoms with Gasteiger partial charge in [0.15, 0.2) is 6.61 Å². The monoisotopic (exact) mass is 383 g/mol. The molecule has 9 heteroatoms. The standard InChI is InChI=1S/C17H25N3O5S/c1-12(2)19-26(23,24)15-5-3-14(4-6-15)25-11-16(21)20-9-7-13(8-10-20)17(18)22/h3-6,12-13,19H,7-11H2,1-2H3,(H2,18,22). The van der Waals surface area contributed by atoms with Crippen LogP contribution < -0.4 is 15.2 Å². The predicted molar refractivity (Wildman–Crippen MR) is 95.9 cm³/mol. The lowest BCUT2D eigenvalue weighted by molar-refractivity contribution is -0.136. The molecule has 0 bridgehead atoms. The molecule has 1 aromatic rings. The van der Waals surface area contributed by atoms with Crippen LogP contribution in [0.1, 0.15) is 26.7 Å². The fraction of sp³-hybridized carbons (Fsp3) is 0.529. The molecule has 1 saturated heterocycles. The number of nitrogens with two attached hydrogens (primary N) is 1. The van der Waals surface area contributed by atoms with Crippen molar-refractivity contribution in [3.05, 3.63) is 24.3 Å². The SMILES string of the molecule is CC(C)NS(=O)(=O)c1ccc(OCC(=O)N2CCC(C(N)=O)CC2)cc1. The van der Waals surface area contributed by atoms with E-state index in [4.69, 9.17) is 10.5 Å². The molecule has 0 spiro atoms. The summed E-state index contributed by atoms with van der Waals surface area (Å²) in [5, 5.41) is 0. The van der Waals surface area contributed by atoms with Gasteiger partial charge >= 0.3 is 0 Å². The topological polar surface area (TPSA) is 119 Å². The van der Waals surface area contributed by atoms with Gasteiger partial charge in [-0.2, -0.15) is 0 Å². The summed E-state index contributed by atoms with van der Waals surface area (Å²) < 4.78 is 32.1. The van der Waals surface area contributed by atoms with Gasteiger partial charge in [0.25, 0.3) is 5.91 Å². The number of amides is 2. The van der Waals surface area contributed by atoms with E-state index in [1.807, 2.05) is 0 Å². The molecule has 26 heavy (non-hydrogen) atoms. The quantitative estimate of drug-likeness (QED) is 0.710. The molecule has 0 atom stereocenters. The molecule has 0 saturated carbocycles. The maximum atomic E-state index is 12.2. The third-order valence-corrected chi connectivity index (χ3v) is 5.81. The molecule has 8 nitrogen and oxygen atoms in total. The summed E-state index contributed by atoms with van der Waals surface area (Å²) in [5.41, 5.74) is 5.28. The Hall–Kier alpha value is -2.13. The number of rotatable bonds is 7. The summed E-state index contributed by atoms with van der Waals surface area (Å²) in [7, 11) is -3.56. The smallest absolute Gasteiger partial charge is 0.260 e. The van der Waals surface area contributed by atoms with Crippen molar-refractivity contribution in [1.82, 2.24) is 9.62 Å². The van der Waals surface area contributed by atoms with Crippen LogP contribution >= 0.6 is 0 Å². The molecule has 1 aliphatic heterocycles. The van der Waals surface area contributed by atoms with Gasteiger partial charge in [0.1, 0.15) is 5.75 Å². The largest absolute Gasteiger partial charge is 0.484 e. The Kier molecular flexibility index (Phi) is 6.60. The summed E-state index contributed by atoms with van der Waals surface area (Å²) >= 11 is 0. The van der Waals surface area contributed by atoms with E-state index in [-0.39, 0.29) is 35.3 Å². The van der Waals surface area contributed by atoms with Crippen LogP contribution in [0.2, 0.25) is 0 Å². The number of hydrogen-bond donors (Lipinski definition) is 2. The van der Waals surface area contributed by atoms with Crippen molar-refractivity contribution >= 4 is 21.8 Å². The highest BCUT2D eigenvalue weighted by atomic mass is 32.2. The predicted octanol–water partition coefficient (Wildman–Crippen LogP) is 0.476. The number of primary amides is 1. The van der Waals surface area contributed by atoms with Crippen LogP contribution in [0.15, 0.2) is 29.2 Å². The van der Waals surface area contributed by atoms with E-state index >= 15 is 0 Å². The van der Waals surface area contributed by atoms with Gasteiger partial charge in [-0.3, -0.25) is 9.59 Å². The normalized spacial score (nSPS) is 15.9. The number of likely N-dealkylation sites (tertiary alicyclic amines) is 1. The zero-order valence-corrected chi connectivity index (χ0v) is 15.8. The summed E-state index contributed by atoms with van der Waals surface area (Å²) in [6, 6.07) is 5.70. The first-order chi connectivity index (χ1) is 12.2. The van der Waals surface area contributed by atoms with E-state index in [2.05, 4.69) is 4.72 Å². The van der Waals surface area contributed by atoms with E-state index in [9.17, 15) is 18.0 Å². The summed E-state index contributed by atoms with van der Waals surface area (Å²) in [6.07, 6.45) is 1.13. The van der Waals surface area contributed by atoms with Crippen LogP contribution in [-0.4, -0.2) is 50.9 Å². The number of nitrogens with zero attached hydrogens (tertiary/aromatic N) is 1. The number of hydrogen-bond acceptors (Lipinski definition) is 5. The minimum Gasteiger partial charge on any atom is -0.484 e. The van der Waals surface area contributed by atoms with Crippen molar-refractivity contribution in [2.45, 2.75) is 37.6 Å². The second-order valence-electron chi connectivity index (χ2n) is 6.59. The lowest BCUT2D eigenvalue weighted by atomic mass is 9.96. The minimum atomic E-state index is -3.56.